The van der Waals surface area contributed by atoms with E-state index in [1.165, 1.54) is 18.5 Å². The van der Waals surface area contributed by atoms with Crippen LogP contribution in [-0.4, -0.2) is 5.11 Å². The maximum absolute atomic E-state index is 9.08. The Bertz CT molecular complexity index is 466. The molecular weight excluding hydrogens is 375 g/mol. The molecule has 1 aromatic carbocycles. The van der Waals surface area contributed by atoms with Crippen molar-refractivity contribution in [2.45, 2.75) is 11.9 Å². The van der Waals surface area contributed by atoms with Gasteiger partial charge in [0.25, 0.3) is 0 Å². The molecule has 0 bridgehead atoms. The van der Waals surface area contributed by atoms with Crippen LogP contribution < -0.4 is 0 Å². The largest absolute Gasteiger partial charge is 0.392 e. The lowest BCUT2D eigenvalue weighted by Gasteiger charge is -1.98. The number of halogens is 2. The van der Waals surface area contributed by atoms with Crippen molar-refractivity contribution in [3.8, 4) is 0 Å². The summed E-state index contributed by atoms with van der Waals surface area (Å²) in [5.41, 5.74) is 0.987. The monoisotopic (exact) mass is 382 g/mol. The molecule has 2 aromatic rings. The molecule has 1 nitrogen and oxygen atoms in total. The second-order valence-electron chi connectivity index (χ2n) is 3.00. The molecule has 0 aliphatic rings. The van der Waals surface area contributed by atoms with E-state index >= 15 is 0 Å². The predicted octanol–water partition coefficient (Wildman–Crippen LogP) is 3.89. The van der Waals surface area contributed by atoms with Crippen molar-refractivity contribution in [1.82, 2.24) is 0 Å². The molecule has 0 fully saturated rings. The maximum Gasteiger partial charge on any atom is 0.0682 e. The van der Waals surface area contributed by atoms with Gasteiger partial charge in [-0.3, -0.25) is 0 Å². The summed E-state index contributed by atoms with van der Waals surface area (Å²) in [5, 5.41) is 11.2. The standard InChI is InChI=1S/C10H8BrIOS/c11-4-8-3-7-1-6(5-13)2-9(12)10(7)14-8/h1-3,13H,4-5H2. The molecule has 0 amide bonds. The summed E-state index contributed by atoms with van der Waals surface area (Å²) in [5.74, 6) is 0. The van der Waals surface area contributed by atoms with E-state index in [0.717, 1.165) is 10.9 Å². The molecule has 0 radical (unpaired) electrons. The zero-order chi connectivity index (χ0) is 10.1. The van der Waals surface area contributed by atoms with E-state index in [1.54, 1.807) is 0 Å². The number of aliphatic hydroxyl groups excluding tert-OH is 1. The summed E-state index contributed by atoms with van der Waals surface area (Å²) < 4.78 is 2.54. The van der Waals surface area contributed by atoms with Crippen LogP contribution in [0.2, 0.25) is 0 Å². The highest BCUT2D eigenvalue weighted by atomic mass is 127. The Morgan fingerprint density at radius 3 is 2.79 bits per heavy atom. The molecule has 1 aromatic heterocycles. The smallest absolute Gasteiger partial charge is 0.0682 e. The number of aliphatic hydroxyl groups is 1. The Balaban J connectivity index is 2.67. The summed E-state index contributed by atoms with van der Waals surface area (Å²) in [6.07, 6.45) is 0. The molecule has 1 heterocycles. The molecule has 0 atom stereocenters. The Hall–Kier alpha value is 0.350. The minimum atomic E-state index is 0.117. The fraction of sp³-hybridized carbons (Fsp3) is 0.200. The first-order chi connectivity index (χ1) is 6.74. The van der Waals surface area contributed by atoms with Crippen LogP contribution in [0.5, 0.6) is 0 Å². The van der Waals surface area contributed by atoms with Crippen LogP contribution in [0, 0.1) is 3.57 Å². The molecule has 0 aliphatic heterocycles. The lowest BCUT2D eigenvalue weighted by atomic mass is 10.2. The van der Waals surface area contributed by atoms with Crippen LogP contribution in [0.15, 0.2) is 18.2 Å². The Morgan fingerprint density at radius 2 is 2.14 bits per heavy atom. The van der Waals surface area contributed by atoms with E-state index in [0.29, 0.717) is 0 Å². The van der Waals surface area contributed by atoms with Crippen molar-refractivity contribution in [2.24, 2.45) is 0 Å². The zero-order valence-electron chi connectivity index (χ0n) is 7.26. The fourth-order valence-electron chi connectivity index (χ4n) is 1.38. The number of hydrogen-bond acceptors (Lipinski definition) is 2. The third-order valence-electron chi connectivity index (χ3n) is 2.00. The van der Waals surface area contributed by atoms with Crippen LogP contribution in [0.4, 0.5) is 0 Å². The molecule has 14 heavy (non-hydrogen) atoms. The van der Waals surface area contributed by atoms with Crippen LogP contribution in [0.1, 0.15) is 10.4 Å². The van der Waals surface area contributed by atoms with Gasteiger partial charge in [0.15, 0.2) is 0 Å². The van der Waals surface area contributed by atoms with Gasteiger partial charge in [-0.15, -0.1) is 11.3 Å². The van der Waals surface area contributed by atoms with Gasteiger partial charge < -0.3 is 5.11 Å². The van der Waals surface area contributed by atoms with Crippen molar-refractivity contribution >= 4 is 59.9 Å². The van der Waals surface area contributed by atoms with Gasteiger partial charge >= 0.3 is 0 Å². The molecule has 1 N–H and O–H groups in total. The van der Waals surface area contributed by atoms with Crippen LogP contribution in [0.25, 0.3) is 10.1 Å². The van der Waals surface area contributed by atoms with Gasteiger partial charge in [0, 0.05) is 18.5 Å². The Morgan fingerprint density at radius 1 is 1.36 bits per heavy atom. The van der Waals surface area contributed by atoms with Gasteiger partial charge in [0.1, 0.15) is 0 Å². The first-order valence-corrected chi connectivity index (χ1v) is 7.14. The van der Waals surface area contributed by atoms with Crippen LogP contribution >= 0.6 is 49.9 Å². The fourth-order valence-corrected chi connectivity index (χ4v) is 3.82. The SMILES string of the molecule is OCc1cc(I)c2sc(CBr)cc2c1. The van der Waals surface area contributed by atoms with Gasteiger partial charge in [-0.25, -0.2) is 0 Å². The topological polar surface area (TPSA) is 20.2 Å². The van der Waals surface area contributed by atoms with E-state index < -0.39 is 0 Å². The van der Waals surface area contributed by atoms with E-state index in [4.69, 9.17) is 5.11 Å². The van der Waals surface area contributed by atoms with E-state index in [-0.39, 0.29) is 6.61 Å². The van der Waals surface area contributed by atoms with Crippen molar-refractivity contribution in [3.63, 3.8) is 0 Å². The Labute approximate surface area is 108 Å². The van der Waals surface area contributed by atoms with Gasteiger partial charge in [-0.05, 0) is 51.7 Å². The number of alkyl halides is 1. The number of hydrogen-bond donors (Lipinski definition) is 1. The summed E-state index contributed by atoms with van der Waals surface area (Å²) in [4.78, 5) is 1.33. The molecule has 0 aliphatic carbocycles. The Kier molecular flexibility index (Phi) is 3.46. The van der Waals surface area contributed by atoms with Crippen molar-refractivity contribution in [2.75, 3.05) is 0 Å². The average molecular weight is 383 g/mol. The first kappa shape index (κ1) is 10.9. The highest BCUT2D eigenvalue weighted by Gasteiger charge is 2.05. The molecule has 0 spiro atoms. The lowest BCUT2D eigenvalue weighted by molar-refractivity contribution is 0.282. The molecule has 0 saturated heterocycles. The van der Waals surface area contributed by atoms with Crippen LogP contribution in [0.3, 0.4) is 0 Å². The number of thiophene rings is 1. The van der Waals surface area contributed by atoms with Crippen LogP contribution in [-0.2, 0) is 11.9 Å². The minimum absolute atomic E-state index is 0.117. The number of rotatable bonds is 2. The molecule has 0 unspecified atom stereocenters. The lowest BCUT2D eigenvalue weighted by Crippen LogP contribution is -1.83. The van der Waals surface area contributed by atoms with Crippen molar-refractivity contribution in [3.05, 3.63) is 32.2 Å². The zero-order valence-corrected chi connectivity index (χ0v) is 11.8. The molecular formula is C10H8BrIOS. The third kappa shape index (κ3) is 1.98. The normalized spacial score (nSPS) is 11.1. The second-order valence-corrected chi connectivity index (χ2v) is 5.86. The minimum Gasteiger partial charge on any atom is -0.392 e. The summed E-state index contributed by atoms with van der Waals surface area (Å²) in [6.45, 7) is 0.117. The van der Waals surface area contributed by atoms with Crippen molar-refractivity contribution < 1.29 is 5.11 Å². The first-order valence-electron chi connectivity index (χ1n) is 4.12. The second kappa shape index (κ2) is 4.47. The van der Waals surface area contributed by atoms with Gasteiger partial charge in [-0.1, -0.05) is 15.9 Å². The maximum atomic E-state index is 9.08. The highest BCUT2D eigenvalue weighted by Crippen LogP contribution is 2.32. The van der Waals surface area contributed by atoms with Gasteiger partial charge in [0.2, 0.25) is 0 Å². The molecule has 74 valence electrons. The quantitative estimate of drug-likeness (QED) is 0.617. The number of benzene rings is 1. The van der Waals surface area contributed by atoms with E-state index in [1.807, 2.05) is 17.4 Å². The third-order valence-corrected chi connectivity index (χ3v) is 5.37. The van der Waals surface area contributed by atoms with Gasteiger partial charge in [-0.2, -0.15) is 0 Å². The summed E-state index contributed by atoms with van der Waals surface area (Å²) in [7, 11) is 0. The predicted molar refractivity (Wildman–Crippen MR) is 73.1 cm³/mol. The van der Waals surface area contributed by atoms with E-state index in [2.05, 4.69) is 50.7 Å². The molecule has 2 rings (SSSR count). The van der Waals surface area contributed by atoms with Gasteiger partial charge in [0.05, 0.1) is 6.61 Å². The highest BCUT2D eigenvalue weighted by molar-refractivity contribution is 14.1. The molecule has 0 saturated carbocycles. The van der Waals surface area contributed by atoms with E-state index in [9.17, 15) is 0 Å². The summed E-state index contributed by atoms with van der Waals surface area (Å²) in [6, 6.07) is 6.27. The van der Waals surface area contributed by atoms with Crippen molar-refractivity contribution in [1.29, 1.82) is 0 Å². The summed E-state index contributed by atoms with van der Waals surface area (Å²) >= 11 is 7.58. The molecule has 4 heteroatoms. The number of fused-ring (bicyclic) bond motifs is 1. The average Bonchev–Trinajstić information content (AvgIpc) is 2.61.